The van der Waals surface area contributed by atoms with Crippen molar-refractivity contribution in [3.8, 4) is 16.5 Å². The Balaban J connectivity index is -0.000000302. The van der Waals surface area contributed by atoms with Crippen LogP contribution in [-0.2, 0) is 19.6 Å². The largest absolute Gasteiger partial charge is 0.473 e. The number of pyridine rings is 1. The van der Waals surface area contributed by atoms with Gasteiger partial charge in [0.05, 0.1) is 27.9 Å². The molecule has 0 saturated carbocycles. The number of para-hydroxylation sites is 2. The van der Waals surface area contributed by atoms with Gasteiger partial charge in [0.2, 0.25) is 15.9 Å². The molecule has 0 aliphatic carbocycles. The van der Waals surface area contributed by atoms with Crippen molar-refractivity contribution in [2.24, 2.45) is 5.92 Å². The molecule has 0 saturated heterocycles. The first-order chi connectivity index (χ1) is 20.0. The van der Waals surface area contributed by atoms with Crippen LogP contribution in [0.1, 0.15) is 105 Å². The summed E-state index contributed by atoms with van der Waals surface area (Å²) >= 11 is 1.64. The summed E-state index contributed by atoms with van der Waals surface area (Å²) in [6, 6.07) is 15.0. The Hall–Kier alpha value is -3.41. The van der Waals surface area contributed by atoms with E-state index in [4.69, 9.17) is 14.5 Å². The Bertz CT molecular complexity index is 1550. The Morgan fingerprint density at radius 1 is 0.833 bits per heavy atom. The smallest absolute Gasteiger partial charge is 0.308 e. The average Bonchev–Trinajstić information content (AvgIpc) is 3.42. The SMILES string of the molecule is C.C.C.C.C.CC(C)C(=O)OC(C)(C)C.CC(C)Oc1nc2ccccc2nc1-c1cccs1.Cc1ccc(S(=O)(=O)NC(C)C)cn1. The van der Waals surface area contributed by atoms with Gasteiger partial charge in [0.25, 0.3) is 0 Å². The summed E-state index contributed by atoms with van der Waals surface area (Å²) in [4.78, 5) is 25.4. The number of thiophene rings is 1. The van der Waals surface area contributed by atoms with Gasteiger partial charge in [-0.2, -0.15) is 0 Å². The number of hydrogen-bond acceptors (Lipinski definition) is 9. The number of benzene rings is 1. The average molecular weight is 709 g/mol. The monoisotopic (exact) mass is 708 g/mol. The molecule has 0 atom stereocenters. The van der Waals surface area contributed by atoms with Crippen LogP contribution in [0.15, 0.2) is 65.0 Å². The summed E-state index contributed by atoms with van der Waals surface area (Å²) in [5.41, 5.74) is 3.03. The Kier molecular flexibility index (Phi) is 24.7. The standard InChI is InChI=1S/C15H14N2OS.C9H14N2O2S.C8H16O2.5CH4/c1-10(2)18-15-14(13-8-5-9-19-13)16-11-6-3-4-7-12(11)17-15;1-7(2)11-14(12,13)9-5-4-8(3)10-6-9;1-6(2)7(9)10-8(3,4)5;;;;;/h3-10H,1-2H3;4-7,11H,1-3H3;6H,1-5H3;5*1H4. The molecule has 1 N–H and O–H groups in total. The number of carbonyl (C=O) groups excluding carboxylic acids is 1. The summed E-state index contributed by atoms with van der Waals surface area (Å²) in [6.07, 6.45) is 1.44. The van der Waals surface area contributed by atoms with Gasteiger partial charge in [0.15, 0.2) is 0 Å². The van der Waals surface area contributed by atoms with Crippen LogP contribution in [0.4, 0.5) is 0 Å². The zero-order valence-electron chi connectivity index (χ0n) is 26.7. The first-order valence-corrected chi connectivity index (χ1v) is 16.5. The van der Waals surface area contributed by atoms with Crippen molar-refractivity contribution in [2.45, 2.75) is 129 Å². The Morgan fingerprint density at radius 3 is 1.79 bits per heavy atom. The van der Waals surface area contributed by atoms with Crippen molar-refractivity contribution < 1.29 is 22.7 Å². The Labute approximate surface area is 297 Å². The molecule has 11 heteroatoms. The molecule has 0 spiro atoms. The van der Waals surface area contributed by atoms with Crippen molar-refractivity contribution in [2.75, 3.05) is 0 Å². The Morgan fingerprint density at radius 2 is 1.40 bits per heavy atom. The fraction of sp³-hybridized carbons (Fsp3) is 0.514. The van der Waals surface area contributed by atoms with Crippen molar-refractivity contribution in [1.29, 1.82) is 0 Å². The fourth-order valence-corrected chi connectivity index (χ4v) is 5.18. The molecule has 0 radical (unpaired) electrons. The molecule has 0 aliphatic heterocycles. The lowest BCUT2D eigenvalue weighted by Crippen LogP contribution is -2.30. The number of rotatable bonds is 7. The summed E-state index contributed by atoms with van der Waals surface area (Å²) < 4.78 is 36.6. The topological polar surface area (TPSA) is 120 Å². The molecule has 9 nitrogen and oxygen atoms in total. The van der Waals surface area contributed by atoms with Gasteiger partial charge in [-0.15, -0.1) is 11.3 Å². The quantitative estimate of drug-likeness (QED) is 0.188. The molecule has 3 heterocycles. The summed E-state index contributed by atoms with van der Waals surface area (Å²) in [5.74, 6) is 0.447. The second kappa shape index (κ2) is 23.0. The number of ether oxygens (including phenoxy) is 2. The van der Waals surface area contributed by atoms with Gasteiger partial charge in [-0.1, -0.05) is 69.2 Å². The maximum atomic E-state index is 11.6. The minimum absolute atomic E-state index is 0. The van der Waals surface area contributed by atoms with E-state index in [-0.39, 0.29) is 71.7 Å². The number of sulfonamides is 1. The first kappa shape index (κ1) is 51.4. The van der Waals surface area contributed by atoms with Gasteiger partial charge in [0.1, 0.15) is 16.2 Å². The lowest BCUT2D eigenvalue weighted by atomic mass is 10.1. The molecule has 1 aromatic carbocycles. The van der Waals surface area contributed by atoms with Crippen LogP contribution in [0.3, 0.4) is 0 Å². The molecule has 0 fully saturated rings. The highest BCUT2D eigenvalue weighted by Crippen LogP contribution is 2.32. The molecule has 48 heavy (non-hydrogen) atoms. The third kappa shape index (κ3) is 17.7. The third-order valence-electron chi connectivity index (χ3n) is 5.10. The predicted molar refractivity (Wildman–Crippen MR) is 207 cm³/mol. The van der Waals surface area contributed by atoms with Crippen LogP contribution in [0.25, 0.3) is 21.6 Å². The normalized spacial score (nSPS) is 10.4. The fourth-order valence-electron chi connectivity index (χ4n) is 3.27. The van der Waals surface area contributed by atoms with Gasteiger partial charge < -0.3 is 9.47 Å². The van der Waals surface area contributed by atoms with Gasteiger partial charge in [-0.05, 0) is 91.1 Å². The molecule has 4 aromatic rings. The number of carbonyl (C=O) groups is 1. The first-order valence-electron chi connectivity index (χ1n) is 14.1. The van der Waals surface area contributed by atoms with E-state index >= 15 is 0 Å². The van der Waals surface area contributed by atoms with E-state index in [9.17, 15) is 13.2 Å². The molecule has 274 valence electrons. The van der Waals surface area contributed by atoms with Crippen molar-refractivity contribution in [1.82, 2.24) is 19.7 Å². The number of esters is 1. The number of aryl methyl sites for hydroxylation is 1. The van der Waals surface area contributed by atoms with E-state index in [0.717, 1.165) is 27.3 Å². The van der Waals surface area contributed by atoms with Gasteiger partial charge in [-0.3, -0.25) is 9.78 Å². The number of nitrogens with one attached hydrogen (secondary N) is 1. The van der Waals surface area contributed by atoms with Crippen LogP contribution < -0.4 is 9.46 Å². The number of hydrogen-bond donors (Lipinski definition) is 1. The molecular weight excluding hydrogens is 645 g/mol. The molecule has 0 unspecified atom stereocenters. The lowest BCUT2D eigenvalue weighted by molar-refractivity contribution is -0.158. The molecule has 0 amide bonds. The van der Waals surface area contributed by atoms with Crippen LogP contribution in [0, 0.1) is 12.8 Å². The molecule has 4 rings (SSSR count). The second-order valence-corrected chi connectivity index (χ2v) is 14.3. The summed E-state index contributed by atoms with van der Waals surface area (Å²) in [6.45, 7) is 18.6. The minimum Gasteiger partial charge on any atom is -0.473 e. The van der Waals surface area contributed by atoms with Crippen LogP contribution >= 0.6 is 11.3 Å². The lowest BCUT2D eigenvalue weighted by Gasteiger charge is -2.20. The minimum atomic E-state index is -3.39. The molecule has 0 aliphatic rings. The highest BCUT2D eigenvalue weighted by molar-refractivity contribution is 7.89. The maximum Gasteiger partial charge on any atom is 0.308 e. The summed E-state index contributed by atoms with van der Waals surface area (Å²) in [5, 5.41) is 2.03. The zero-order valence-corrected chi connectivity index (χ0v) is 28.3. The summed E-state index contributed by atoms with van der Waals surface area (Å²) in [7, 11) is -3.39. The van der Waals surface area contributed by atoms with Crippen LogP contribution in [0.2, 0.25) is 0 Å². The van der Waals surface area contributed by atoms with E-state index in [1.807, 2.05) is 97.2 Å². The second-order valence-electron chi connectivity index (χ2n) is 11.6. The number of nitrogens with zero attached hydrogens (tertiary/aromatic N) is 3. The van der Waals surface area contributed by atoms with E-state index in [1.54, 1.807) is 37.3 Å². The molecule has 3 aromatic heterocycles. The van der Waals surface area contributed by atoms with Crippen molar-refractivity contribution >= 4 is 38.4 Å². The van der Waals surface area contributed by atoms with E-state index in [1.165, 1.54) is 6.20 Å². The predicted octanol–water partition coefficient (Wildman–Crippen LogP) is 10.4. The third-order valence-corrected chi connectivity index (χ3v) is 7.62. The van der Waals surface area contributed by atoms with Crippen molar-refractivity contribution in [3.05, 3.63) is 65.8 Å². The van der Waals surface area contributed by atoms with E-state index < -0.39 is 10.0 Å². The van der Waals surface area contributed by atoms with E-state index in [0.29, 0.717) is 5.88 Å². The van der Waals surface area contributed by atoms with Gasteiger partial charge in [-0.25, -0.2) is 23.1 Å². The van der Waals surface area contributed by atoms with Crippen LogP contribution in [-0.4, -0.2) is 47.1 Å². The van der Waals surface area contributed by atoms with E-state index in [2.05, 4.69) is 14.7 Å². The van der Waals surface area contributed by atoms with Crippen molar-refractivity contribution in [3.63, 3.8) is 0 Å². The highest BCUT2D eigenvalue weighted by atomic mass is 32.2. The van der Waals surface area contributed by atoms with Gasteiger partial charge in [0, 0.05) is 17.9 Å². The molecule has 0 bridgehead atoms. The number of aromatic nitrogens is 3. The zero-order chi connectivity index (χ0) is 32.4. The molecular formula is C37H64N4O5S2. The van der Waals surface area contributed by atoms with Gasteiger partial charge >= 0.3 is 5.97 Å². The number of fused-ring (bicyclic) bond motifs is 1. The van der Waals surface area contributed by atoms with Crippen LogP contribution in [0.5, 0.6) is 5.88 Å². The highest BCUT2D eigenvalue weighted by Gasteiger charge is 2.18. The maximum absolute atomic E-state index is 11.6.